The summed E-state index contributed by atoms with van der Waals surface area (Å²) in [4.78, 5) is 15.6. The SMILES string of the molecule is CCOc1ccc(C(=O)N2CCc3cc(OC)c(OC)cc3[C@H]2COc2ccc(F)cc2)cc1OCC. The van der Waals surface area contributed by atoms with Gasteiger partial charge in [0.05, 0.1) is 33.5 Å². The lowest BCUT2D eigenvalue weighted by atomic mass is 9.91. The molecule has 0 N–H and O–H groups in total. The standard InChI is InChI=1S/C29H32FNO6/c1-5-35-25-12-7-20(16-28(25)36-6-2)29(32)31-14-13-19-15-26(33-3)27(34-4)17-23(19)24(31)18-37-22-10-8-21(30)9-11-22/h7-12,15-17,24H,5-6,13-14,18H2,1-4H3/t24-/m1/s1. The summed E-state index contributed by atoms with van der Waals surface area (Å²) in [5, 5.41) is 0. The molecular weight excluding hydrogens is 477 g/mol. The third-order valence-electron chi connectivity index (χ3n) is 6.28. The molecule has 1 heterocycles. The minimum atomic E-state index is -0.414. The maximum atomic E-state index is 13.8. The molecule has 37 heavy (non-hydrogen) atoms. The molecule has 0 radical (unpaired) electrons. The number of nitrogens with zero attached hydrogens (tertiary/aromatic N) is 1. The molecule has 3 aromatic carbocycles. The van der Waals surface area contributed by atoms with Crippen LogP contribution in [0.15, 0.2) is 54.6 Å². The Bertz CT molecular complexity index is 1230. The van der Waals surface area contributed by atoms with Crippen LogP contribution in [0.2, 0.25) is 0 Å². The van der Waals surface area contributed by atoms with Crippen molar-refractivity contribution in [3.63, 3.8) is 0 Å². The van der Waals surface area contributed by atoms with Crippen LogP contribution in [0, 0.1) is 5.82 Å². The van der Waals surface area contributed by atoms with E-state index < -0.39 is 6.04 Å². The number of benzene rings is 3. The Kier molecular flexibility index (Phi) is 8.38. The van der Waals surface area contributed by atoms with Crippen molar-refractivity contribution in [1.82, 2.24) is 4.90 Å². The van der Waals surface area contributed by atoms with Gasteiger partial charge >= 0.3 is 0 Å². The fourth-order valence-corrected chi connectivity index (χ4v) is 4.51. The molecule has 0 aromatic heterocycles. The van der Waals surface area contributed by atoms with Crippen molar-refractivity contribution in [3.8, 4) is 28.7 Å². The first kappa shape index (κ1) is 26.1. The second-order valence-corrected chi connectivity index (χ2v) is 8.46. The van der Waals surface area contributed by atoms with E-state index in [0.29, 0.717) is 60.5 Å². The molecule has 1 atom stereocenters. The molecule has 196 valence electrons. The lowest BCUT2D eigenvalue weighted by Gasteiger charge is -2.37. The molecule has 4 rings (SSSR count). The quantitative estimate of drug-likeness (QED) is 0.362. The van der Waals surface area contributed by atoms with Crippen molar-refractivity contribution < 1.29 is 32.9 Å². The third-order valence-corrected chi connectivity index (χ3v) is 6.28. The predicted octanol–water partition coefficient (Wildman–Crippen LogP) is 5.46. The van der Waals surface area contributed by atoms with E-state index in [1.54, 1.807) is 49.5 Å². The highest BCUT2D eigenvalue weighted by Gasteiger charge is 2.33. The van der Waals surface area contributed by atoms with Gasteiger partial charge in [0.15, 0.2) is 23.0 Å². The Balaban J connectivity index is 1.70. The molecule has 0 aliphatic carbocycles. The zero-order valence-electron chi connectivity index (χ0n) is 21.6. The number of methoxy groups -OCH3 is 2. The molecule has 0 bridgehead atoms. The number of amides is 1. The summed E-state index contributed by atoms with van der Waals surface area (Å²) in [6.45, 7) is 5.38. The summed E-state index contributed by atoms with van der Waals surface area (Å²) in [5.74, 6) is 2.34. The molecule has 0 saturated carbocycles. The van der Waals surface area contributed by atoms with Crippen LogP contribution < -0.4 is 23.7 Å². The lowest BCUT2D eigenvalue weighted by molar-refractivity contribution is 0.0588. The van der Waals surface area contributed by atoms with Gasteiger partial charge in [-0.3, -0.25) is 4.79 Å². The smallest absolute Gasteiger partial charge is 0.254 e. The van der Waals surface area contributed by atoms with E-state index in [4.69, 9.17) is 23.7 Å². The van der Waals surface area contributed by atoms with Crippen LogP contribution in [0.25, 0.3) is 0 Å². The predicted molar refractivity (Wildman–Crippen MR) is 138 cm³/mol. The average molecular weight is 510 g/mol. The minimum absolute atomic E-state index is 0.155. The Labute approximate surface area is 216 Å². The Hall–Kier alpha value is -3.94. The van der Waals surface area contributed by atoms with Gasteiger partial charge in [0.1, 0.15) is 18.2 Å². The first-order chi connectivity index (χ1) is 18.0. The molecule has 0 spiro atoms. The first-order valence-electron chi connectivity index (χ1n) is 12.3. The lowest BCUT2D eigenvalue weighted by Crippen LogP contribution is -2.42. The molecule has 3 aromatic rings. The van der Waals surface area contributed by atoms with E-state index in [2.05, 4.69) is 0 Å². The molecule has 1 amide bonds. The molecule has 0 fully saturated rings. The van der Waals surface area contributed by atoms with Crippen molar-refractivity contribution in [3.05, 3.63) is 77.1 Å². The molecule has 1 aliphatic heterocycles. The maximum absolute atomic E-state index is 13.8. The van der Waals surface area contributed by atoms with Crippen LogP contribution in [0.4, 0.5) is 4.39 Å². The number of rotatable bonds is 10. The molecule has 0 unspecified atom stereocenters. The number of ether oxygens (including phenoxy) is 5. The van der Waals surface area contributed by atoms with Gasteiger partial charge in [-0.2, -0.15) is 0 Å². The van der Waals surface area contributed by atoms with E-state index >= 15 is 0 Å². The van der Waals surface area contributed by atoms with Crippen molar-refractivity contribution >= 4 is 5.91 Å². The fraction of sp³-hybridized carbons (Fsp3) is 0.345. The number of hydrogen-bond acceptors (Lipinski definition) is 6. The fourth-order valence-electron chi connectivity index (χ4n) is 4.51. The molecular formula is C29H32FNO6. The summed E-state index contributed by atoms with van der Waals surface area (Å²) >= 11 is 0. The monoisotopic (exact) mass is 509 g/mol. The normalized spacial score (nSPS) is 14.5. The van der Waals surface area contributed by atoms with Crippen molar-refractivity contribution in [2.75, 3.05) is 40.6 Å². The summed E-state index contributed by atoms with van der Waals surface area (Å²) in [5.41, 5.74) is 2.45. The van der Waals surface area contributed by atoms with E-state index in [-0.39, 0.29) is 18.3 Å². The molecule has 8 heteroatoms. The van der Waals surface area contributed by atoms with Crippen LogP contribution in [0.3, 0.4) is 0 Å². The Morgan fingerprint density at radius 2 is 1.54 bits per heavy atom. The van der Waals surface area contributed by atoms with Gasteiger partial charge < -0.3 is 28.6 Å². The van der Waals surface area contributed by atoms with E-state index in [1.165, 1.54) is 12.1 Å². The van der Waals surface area contributed by atoms with E-state index in [1.807, 2.05) is 26.0 Å². The number of carbonyl (C=O) groups is 1. The highest BCUT2D eigenvalue weighted by Crippen LogP contribution is 2.39. The average Bonchev–Trinajstić information content (AvgIpc) is 2.92. The number of carbonyl (C=O) groups excluding carboxylic acids is 1. The highest BCUT2D eigenvalue weighted by molar-refractivity contribution is 5.95. The minimum Gasteiger partial charge on any atom is -0.493 e. The van der Waals surface area contributed by atoms with E-state index in [9.17, 15) is 9.18 Å². The van der Waals surface area contributed by atoms with E-state index in [0.717, 1.165) is 11.1 Å². The molecule has 1 aliphatic rings. The molecule has 7 nitrogen and oxygen atoms in total. The topological polar surface area (TPSA) is 66.5 Å². The van der Waals surface area contributed by atoms with Crippen LogP contribution in [0.1, 0.15) is 41.4 Å². The largest absolute Gasteiger partial charge is 0.493 e. The Morgan fingerprint density at radius 1 is 0.865 bits per heavy atom. The van der Waals surface area contributed by atoms with Gasteiger partial charge in [-0.05, 0) is 86.0 Å². The Morgan fingerprint density at radius 3 is 2.22 bits per heavy atom. The number of fused-ring (bicyclic) bond motifs is 1. The van der Waals surface area contributed by atoms with Gasteiger partial charge in [0.25, 0.3) is 5.91 Å². The van der Waals surface area contributed by atoms with Gasteiger partial charge in [-0.15, -0.1) is 0 Å². The highest BCUT2D eigenvalue weighted by atomic mass is 19.1. The summed E-state index contributed by atoms with van der Waals surface area (Å²) in [6, 6.07) is 14.5. The van der Waals surface area contributed by atoms with Crippen molar-refractivity contribution in [2.24, 2.45) is 0 Å². The van der Waals surface area contributed by atoms with Crippen LogP contribution in [0.5, 0.6) is 28.7 Å². The van der Waals surface area contributed by atoms with Gasteiger partial charge in [0.2, 0.25) is 0 Å². The van der Waals surface area contributed by atoms with Gasteiger partial charge in [-0.25, -0.2) is 4.39 Å². The van der Waals surface area contributed by atoms with Gasteiger partial charge in [0, 0.05) is 12.1 Å². The zero-order chi connectivity index (χ0) is 26.4. The van der Waals surface area contributed by atoms with Crippen LogP contribution in [-0.2, 0) is 6.42 Å². The maximum Gasteiger partial charge on any atom is 0.254 e. The number of halogens is 1. The first-order valence-corrected chi connectivity index (χ1v) is 12.3. The molecule has 0 saturated heterocycles. The summed E-state index contributed by atoms with van der Waals surface area (Å²) < 4.78 is 41.9. The number of hydrogen-bond donors (Lipinski definition) is 0. The van der Waals surface area contributed by atoms with Crippen molar-refractivity contribution in [1.29, 1.82) is 0 Å². The second kappa shape index (κ2) is 11.9. The van der Waals surface area contributed by atoms with Crippen molar-refractivity contribution in [2.45, 2.75) is 26.3 Å². The van der Waals surface area contributed by atoms with Crippen LogP contribution in [-0.4, -0.2) is 51.4 Å². The summed E-state index contributed by atoms with van der Waals surface area (Å²) in [6.07, 6.45) is 0.643. The second-order valence-electron chi connectivity index (χ2n) is 8.46. The third kappa shape index (κ3) is 5.74. The zero-order valence-corrected chi connectivity index (χ0v) is 21.6. The summed E-state index contributed by atoms with van der Waals surface area (Å²) in [7, 11) is 3.18. The van der Waals surface area contributed by atoms with Gasteiger partial charge in [-0.1, -0.05) is 0 Å². The van der Waals surface area contributed by atoms with Crippen LogP contribution >= 0.6 is 0 Å².